The number of phenols is 1. The molecular formula is C20H31F3N4O2. The van der Waals surface area contributed by atoms with Gasteiger partial charge in [-0.2, -0.15) is 13.2 Å². The normalized spacial score (nSPS) is 16.7. The molecule has 0 radical (unpaired) electrons. The third kappa shape index (κ3) is 8.00. The summed E-state index contributed by atoms with van der Waals surface area (Å²) in [4.78, 5) is 5.98. The number of aromatic hydroxyl groups is 1. The van der Waals surface area contributed by atoms with Gasteiger partial charge in [0.25, 0.3) is 0 Å². The summed E-state index contributed by atoms with van der Waals surface area (Å²) in [7, 11) is 1.50. The predicted molar refractivity (Wildman–Crippen MR) is 107 cm³/mol. The maximum atomic E-state index is 12.5. The molecule has 29 heavy (non-hydrogen) atoms. The van der Waals surface area contributed by atoms with E-state index in [1.165, 1.54) is 12.0 Å². The monoisotopic (exact) mass is 416 g/mol. The second-order valence-electron chi connectivity index (χ2n) is 7.21. The maximum absolute atomic E-state index is 12.5. The number of methoxy groups -OCH3 is 1. The Morgan fingerprint density at radius 2 is 2.00 bits per heavy atom. The van der Waals surface area contributed by atoms with E-state index in [0.29, 0.717) is 55.9 Å². The van der Waals surface area contributed by atoms with Crippen molar-refractivity contribution in [2.24, 2.45) is 10.9 Å². The molecule has 0 unspecified atom stereocenters. The smallest absolute Gasteiger partial charge is 0.401 e. The SMILES string of the molecule is CCNC(=NCc1cccc(OC)c1O)NCCC1CCN(CC(F)(F)F)CC1. The van der Waals surface area contributed by atoms with E-state index >= 15 is 0 Å². The summed E-state index contributed by atoms with van der Waals surface area (Å²) in [6.07, 6.45) is -1.68. The van der Waals surface area contributed by atoms with E-state index in [2.05, 4.69) is 15.6 Å². The quantitative estimate of drug-likeness (QED) is 0.449. The minimum absolute atomic E-state index is 0.0835. The van der Waals surface area contributed by atoms with Gasteiger partial charge in [0.15, 0.2) is 17.5 Å². The van der Waals surface area contributed by atoms with Crippen LogP contribution in [0.15, 0.2) is 23.2 Å². The molecule has 0 amide bonds. The van der Waals surface area contributed by atoms with Gasteiger partial charge in [0.1, 0.15) is 0 Å². The first-order valence-electron chi connectivity index (χ1n) is 9.98. The van der Waals surface area contributed by atoms with Crippen LogP contribution in [0.1, 0.15) is 31.7 Å². The molecular weight excluding hydrogens is 385 g/mol. The van der Waals surface area contributed by atoms with Crippen molar-refractivity contribution in [2.45, 2.75) is 38.9 Å². The van der Waals surface area contributed by atoms with Crippen LogP contribution in [0.25, 0.3) is 0 Å². The number of ether oxygens (including phenoxy) is 1. The van der Waals surface area contributed by atoms with E-state index < -0.39 is 12.7 Å². The number of piperidine rings is 1. The molecule has 164 valence electrons. The van der Waals surface area contributed by atoms with Gasteiger partial charge in [-0.15, -0.1) is 0 Å². The number of alkyl halides is 3. The van der Waals surface area contributed by atoms with Gasteiger partial charge in [0, 0.05) is 18.7 Å². The van der Waals surface area contributed by atoms with E-state index in [4.69, 9.17) is 4.74 Å². The van der Waals surface area contributed by atoms with Gasteiger partial charge in [-0.1, -0.05) is 12.1 Å². The zero-order valence-electron chi connectivity index (χ0n) is 17.1. The van der Waals surface area contributed by atoms with Crippen LogP contribution in [0.4, 0.5) is 13.2 Å². The number of benzene rings is 1. The summed E-state index contributed by atoms with van der Waals surface area (Å²) in [6.45, 7) is 3.84. The molecule has 1 aromatic rings. The zero-order chi connectivity index (χ0) is 21.3. The molecule has 1 aromatic carbocycles. The molecule has 3 N–H and O–H groups in total. The summed E-state index contributed by atoms with van der Waals surface area (Å²) in [6, 6.07) is 5.28. The summed E-state index contributed by atoms with van der Waals surface area (Å²) < 4.78 is 42.5. The lowest BCUT2D eigenvalue weighted by Gasteiger charge is -2.32. The molecule has 0 bridgehead atoms. The Morgan fingerprint density at radius 3 is 2.62 bits per heavy atom. The molecule has 1 fully saturated rings. The number of nitrogens with one attached hydrogen (secondary N) is 2. The Kier molecular flexibility index (Phi) is 8.88. The first kappa shape index (κ1) is 23.1. The average molecular weight is 416 g/mol. The fourth-order valence-corrected chi connectivity index (χ4v) is 3.45. The van der Waals surface area contributed by atoms with Crippen LogP contribution in [0.3, 0.4) is 0 Å². The molecule has 0 aliphatic carbocycles. The van der Waals surface area contributed by atoms with Crippen LogP contribution in [0.5, 0.6) is 11.5 Å². The number of rotatable bonds is 8. The van der Waals surface area contributed by atoms with Crippen LogP contribution in [-0.2, 0) is 6.54 Å². The van der Waals surface area contributed by atoms with Crippen molar-refractivity contribution >= 4 is 5.96 Å². The van der Waals surface area contributed by atoms with E-state index in [1.807, 2.05) is 6.92 Å². The maximum Gasteiger partial charge on any atom is 0.401 e. The Labute approximate surface area is 170 Å². The summed E-state index contributed by atoms with van der Waals surface area (Å²) >= 11 is 0. The standard InChI is InChI=1S/C20H31F3N4O2/c1-3-24-19(26-13-16-5-4-6-17(29-2)18(16)28)25-10-7-15-8-11-27(12-9-15)14-20(21,22)23/h4-6,15,28H,3,7-14H2,1-2H3,(H2,24,25,26). The summed E-state index contributed by atoms with van der Waals surface area (Å²) in [5.74, 6) is 1.55. The lowest BCUT2D eigenvalue weighted by atomic mass is 9.93. The molecule has 9 heteroatoms. The van der Waals surface area contributed by atoms with Crippen LogP contribution in [0, 0.1) is 5.92 Å². The van der Waals surface area contributed by atoms with Crippen LogP contribution < -0.4 is 15.4 Å². The molecule has 1 aliphatic heterocycles. The van der Waals surface area contributed by atoms with Crippen molar-refractivity contribution in [1.29, 1.82) is 0 Å². The highest BCUT2D eigenvalue weighted by atomic mass is 19.4. The third-order valence-electron chi connectivity index (χ3n) is 5.01. The number of para-hydroxylation sites is 1. The highest BCUT2D eigenvalue weighted by Crippen LogP contribution is 2.29. The number of nitrogens with zero attached hydrogens (tertiary/aromatic N) is 2. The van der Waals surface area contributed by atoms with Gasteiger partial charge < -0.3 is 20.5 Å². The van der Waals surface area contributed by atoms with Crippen molar-refractivity contribution in [3.63, 3.8) is 0 Å². The van der Waals surface area contributed by atoms with E-state index in [1.54, 1.807) is 18.2 Å². The number of halogens is 3. The Balaban J connectivity index is 1.79. The van der Waals surface area contributed by atoms with Crippen molar-refractivity contribution in [2.75, 3.05) is 39.8 Å². The third-order valence-corrected chi connectivity index (χ3v) is 5.01. The summed E-state index contributed by atoms with van der Waals surface area (Å²) in [5.41, 5.74) is 0.665. The fourth-order valence-electron chi connectivity index (χ4n) is 3.45. The average Bonchev–Trinajstić information content (AvgIpc) is 2.67. The Morgan fingerprint density at radius 1 is 1.28 bits per heavy atom. The highest BCUT2D eigenvalue weighted by molar-refractivity contribution is 5.79. The van der Waals surface area contributed by atoms with Gasteiger partial charge in [0.2, 0.25) is 0 Å². The van der Waals surface area contributed by atoms with Crippen LogP contribution in [-0.4, -0.2) is 62.0 Å². The van der Waals surface area contributed by atoms with Gasteiger partial charge in [-0.3, -0.25) is 4.90 Å². The number of hydrogen-bond acceptors (Lipinski definition) is 4. The number of likely N-dealkylation sites (tertiary alicyclic amines) is 1. The van der Waals surface area contributed by atoms with Crippen molar-refractivity contribution in [3.05, 3.63) is 23.8 Å². The first-order valence-corrected chi connectivity index (χ1v) is 9.98. The highest BCUT2D eigenvalue weighted by Gasteiger charge is 2.32. The second kappa shape index (κ2) is 11.1. The lowest BCUT2D eigenvalue weighted by Crippen LogP contribution is -2.41. The minimum atomic E-state index is -4.12. The number of hydrogen-bond donors (Lipinski definition) is 3. The minimum Gasteiger partial charge on any atom is -0.504 e. The molecule has 2 rings (SSSR count). The Bertz CT molecular complexity index is 660. The molecule has 6 nitrogen and oxygen atoms in total. The molecule has 0 aromatic heterocycles. The number of guanidine groups is 1. The van der Waals surface area contributed by atoms with Crippen molar-refractivity contribution in [3.8, 4) is 11.5 Å². The molecule has 0 atom stereocenters. The molecule has 0 saturated carbocycles. The van der Waals surface area contributed by atoms with Gasteiger partial charge in [0.05, 0.1) is 20.2 Å². The Hall–Kier alpha value is -2.16. The zero-order valence-corrected chi connectivity index (χ0v) is 17.1. The van der Waals surface area contributed by atoms with Crippen molar-refractivity contribution < 1.29 is 23.0 Å². The molecule has 0 spiro atoms. The number of phenolic OH excluding ortho intramolecular Hbond substituents is 1. The fraction of sp³-hybridized carbons (Fsp3) is 0.650. The van der Waals surface area contributed by atoms with Crippen molar-refractivity contribution in [1.82, 2.24) is 15.5 Å². The largest absolute Gasteiger partial charge is 0.504 e. The molecule has 1 aliphatic rings. The van der Waals surface area contributed by atoms with E-state index in [-0.39, 0.29) is 5.75 Å². The van der Waals surface area contributed by atoms with Gasteiger partial charge >= 0.3 is 6.18 Å². The summed E-state index contributed by atoms with van der Waals surface area (Å²) in [5, 5.41) is 16.6. The molecule has 1 saturated heterocycles. The second-order valence-corrected chi connectivity index (χ2v) is 7.21. The molecule has 1 heterocycles. The van der Waals surface area contributed by atoms with Gasteiger partial charge in [-0.05, 0) is 51.3 Å². The topological polar surface area (TPSA) is 69.1 Å². The lowest BCUT2D eigenvalue weighted by molar-refractivity contribution is -0.148. The van der Waals surface area contributed by atoms with Crippen LogP contribution in [0.2, 0.25) is 0 Å². The van der Waals surface area contributed by atoms with E-state index in [0.717, 1.165) is 19.3 Å². The number of aliphatic imine (C=N–C) groups is 1. The predicted octanol–water partition coefficient (Wildman–Crippen LogP) is 3.12. The first-order chi connectivity index (χ1) is 13.8. The van der Waals surface area contributed by atoms with E-state index in [9.17, 15) is 18.3 Å². The van der Waals surface area contributed by atoms with Crippen LogP contribution >= 0.6 is 0 Å². The van der Waals surface area contributed by atoms with Gasteiger partial charge in [-0.25, -0.2) is 4.99 Å².